The Morgan fingerprint density at radius 1 is 0.240 bits per heavy atom. The van der Waals surface area contributed by atoms with Gasteiger partial charge in [0.2, 0.25) is 0 Å². The van der Waals surface area contributed by atoms with Crippen LogP contribution in [-0.4, -0.2) is 0 Å². The molecule has 11 aromatic rings. The van der Waals surface area contributed by atoms with E-state index in [4.69, 9.17) is 0 Å². The van der Waals surface area contributed by atoms with Gasteiger partial charge in [-0.05, 0) is 148 Å². The summed E-state index contributed by atoms with van der Waals surface area (Å²) in [6.45, 7) is 9.51. The SMILES string of the molecule is CC1(C)c2ccccc2-c2ccc(N(c3ccc(-c4cccc5c4-c4ccccc4C54c5ccccc5C(c5ccccc5)(c5ccccc5)c5ccccc54)cc3)c3ccc4c(c3)C(C)(C)c3ccccc3-4)cc21. The van der Waals surface area contributed by atoms with Crippen LogP contribution >= 0.6 is 0 Å². The highest BCUT2D eigenvalue weighted by molar-refractivity contribution is 5.98. The van der Waals surface area contributed by atoms with Crippen molar-refractivity contribution < 1.29 is 0 Å². The second-order valence-corrected chi connectivity index (χ2v) is 22.3. The Morgan fingerprint density at radius 3 is 1.09 bits per heavy atom. The van der Waals surface area contributed by atoms with Gasteiger partial charge in [0, 0.05) is 27.9 Å². The van der Waals surface area contributed by atoms with E-state index in [1.165, 1.54) is 111 Å². The van der Waals surface area contributed by atoms with Crippen molar-refractivity contribution in [2.45, 2.75) is 49.4 Å². The van der Waals surface area contributed by atoms with Crippen molar-refractivity contribution in [1.29, 1.82) is 0 Å². The van der Waals surface area contributed by atoms with Gasteiger partial charge in [-0.3, -0.25) is 0 Å². The van der Waals surface area contributed by atoms with E-state index in [0.717, 1.165) is 17.1 Å². The van der Waals surface area contributed by atoms with Gasteiger partial charge < -0.3 is 4.90 Å². The number of hydrogen-bond donors (Lipinski definition) is 0. The third-order valence-corrected chi connectivity index (χ3v) is 18.0. The van der Waals surface area contributed by atoms with Crippen molar-refractivity contribution in [2.75, 3.05) is 4.90 Å². The van der Waals surface area contributed by atoms with Crippen molar-refractivity contribution >= 4 is 17.1 Å². The second kappa shape index (κ2) is 15.9. The van der Waals surface area contributed by atoms with Gasteiger partial charge in [0.15, 0.2) is 0 Å². The predicted octanol–water partition coefficient (Wildman–Crippen LogP) is 18.5. The fourth-order valence-electron chi connectivity index (χ4n) is 14.8. The van der Waals surface area contributed by atoms with E-state index in [9.17, 15) is 0 Å². The normalized spacial score (nSPS) is 15.6. The van der Waals surface area contributed by atoms with Crippen LogP contribution < -0.4 is 4.90 Å². The van der Waals surface area contributed by atoms with Gasteiger partial charge in [0.05, 0.1) is 10.8 Å². The molecule has 0 atom stereocenters. The third kappa shape index (κ3) is 5.79. The number of fused-ring (bicyclic) bond motifs is 15. The zero-order valence-electron chi connectivity index (χ0n) is 42.8. The van der Waals surface area contributed by atoms with Crippen molar-refractivity contribution in [3.63, 3.8) is 0 Å². The lowest BCUT2D eigenvalue weighted by atomic mass is 9.51. The van der Waals surface area contributed by atoms with Crippen LogP contribution in [0.1, 0.15) is 94.5 Å². The lowest BCUT2D eigenvalue weighted by molar-refractivity contribution is 0.623. The van der Waals surface area contributed by atoms with Crippen molar-refractivity contribution in [1.82, 2.24) is 0 Å². The van der Waals surface area contributed by atoms with Crippen LogP contribution in [0.5, 0.6) is 0 Å². The fraction of sp³-hybridized carbons (Fsp3) is 0.108. The largest absolute Gasteiger partial charge is 0.310 e. The molecule has 0 radical (unpaired) electrons. The predicted molar refractivity (Wildman–Crippen MR) is 311 cm³/mol. The lowest BCUT2D eigenvalue weighted by Crippen LogP contribution is -2.44. The molecular formula is C74H55N. The summed E-state index contributed by atoms with van der Waals surface area (Å²) in [5.41, 5.74) is 28.3. The molecule has 0 amide bonds. The highest BCUT2D eigenvalue weighted by atomic mass is 15.1. The van der Waals surface area contributed by atoms with Crippen LogP contribution in [0.3, 0.4) is 0 Å². The molecule has 0 heterocycles. The summed E-state index contributed by atoms with van der Waals surface area (Å²) in [5.74, 6) is 0. The number of nitrogens with zero attached hydrogens (tertiary/aromatic N) is 1. The molecule has 356 valence electrons. The topological polar surface area (TPSA) is 3.24 Å². The van der Waals surface area contributed by atoms with E-state index < -0.39 is 10.8 Å². The minimum absolute atomic E-state index is 0.135. The van der Waals surface area contributed by atoms with Gasteiger partial charge in [-0.15, -0.1) is 0 Å². The Kier molecular flexibility index (Phi) is 9.26. The molecular weight excluding hydrogens is 903 g/mol. The molecule has 1 nitrogen and oxygen atoms in total. The average Bonchev–Trinajstić information content (AvgIpc) is 4.15. The van der Waals surface area contributed by atoms with Crippen LogP contribution in [0.4, 0.5) is 17.1 Å². The molecule has 4 aliphatic rings. The van der Waals surface area contributed by atoms with Crippen LogP contribution in [0.2, 0.25) is 0 Å². The van der Waals surface area contributed by atoms with Gasteiger partial charge in [0.25, 0.3) is 0 Å². The van der Waals surface area contributed by atoms with Crippen LogP contribution in [0.15, 0.2) is 261 Å². The Labute approximate surface area is 441 Å². The summed E-state index contributed by atoms with van der Waals surface area (Å²) in [5, 5.41) is 0. The van der Waals surface area contributed by atoms with E-state index in [1.807, 2.05) is 0 Å². The van der Waals surface area contributed by atoms with Gasteiger partial charge in [-0.25, -0.2) is 0 Å². The van der Waals surface area contributed by atoms with Crippen LogP contribution in [0.25, 0.3) is 44.5 Å². The summed E-state index contributed by atoms with van der Waals surface area (Å²) < 4.78 is 0. The Balaban J connectivity index is 0.916. The zero-order valence-corrected chi connectivity index (χ0v) is 42.8. The quantitative estimate of drug-likeness (QED) is 0.161. The second-order valence-electron chi connectivity index (χ2n) is 22.3. The first-order chi connectivity index (χ1) is 36.7. The van der Waals surface area contributed by atoms with Crippen LogP contribution in [0, 0.1) is 0 Å². The summed E-state index contributed by atoms with van der Waals surface area (Å²) in [6, 6.07) is 99.0. The lowest BCUT2D eigenvalue weighted by Gasteiger charge is -2.50. The third-order valence-electron chi connectivity index (χ3n) is 18.0. The molecule has 15 rings (SSSR count). The molecule has 0 fully saturated rings. The Hall–Kier alpha value is -8.78. The highest BCUT2D eigenvalue weighted by Crippen LogP contribution is 2.66. The molecule has 0 unspecified atom stereocenters. The monoisotopic (exact) mass is 957 g/mol. The first-order valence-corrected chi connectivity index (χ1v) is 26.7. The summed E-state index contributed by atoms with van der Waals surface area (Å²) in [4.78, 5) is 2.49. The van der Waals surface area contributed by atoms with Gasteiger partial charge >= 0.3 is 0 Å². The summed E-state index contributed by atoms with van der Waals surface area (Å²) in [7, 11) is 0. The van der Waals surface area contributed by atoms with Crippen molar-refractivity contribution in [2.24, 2.45) is 0 Å². The highest BCUT2D eigenvalue weighted by Gasteiger charge is 2.57. The Bertz CT molecular complexity index is 3920. The molecule has 0 saturated heterocycles. The van der Waals surface area contributed by atoms with E-state index in [2.05, 4.69) is 293 Å². The summed E-state index contributed by atoms with van der Waals surface area (Å²) in [6.07, 6.45) is 0. The minimum Gasteiger partial charge on any atom is -0.310 e. The molecule has 0 bridgehead atoms. The van der Waals surface area contributed by atoms with Crippen LogP contribution in [-0.2, 0) is 21.7 Å². The van der Waals surface area contributed by atoms with Gasteiger partial charge in [-0.1, -0.05) is 252 Å². The maximum atomic E-state index is 2.49. The first kappa shape index (κ1) is 43.8. The van der Waals surface area contributed by atoms with Gasteiger partial charge in [0.1, 0.15) is 0 Å². The maximum Gasteiger partial charge on any atom is 0.0720 e. The zero-order chi connectivity index (χ0) is 50.3. The number of hydrogen-bond acceptors (Lipinski definition) is 1. The number of benzene rings is 11. The smallest absolute Gasteiger partial charge is 0.0720 e. The molecule has 0 aromatic heterocycles. The van der Waals surface area contributed by atoms with Crippen molar-refractivity contribution in [3.05, 3.63) is 328 Å². The molecule has 0 saturated carbocycles. The molecule has 1 spiro atoms. The van der Waals surface area contributed by atoms with Crippen molar-refractivity contribution in [3.8, 4) is 44.5 Å². The fourth-order valence-corrected chi connectivity index (χ4v) is 14.8. The van der Waals surface area contributed by atoms with E-state index in [1.54, 1.807) is 0 Å². The maximum absolute atomic E-state index is 2.49. The molecule has 1 heteroatoms. The number of anilines is 3. The molecule has 75 heavy (non-hydrogen) atoms. The van der Waals surface area contributed by atoms with E-state index >= 15 is 0 Å². The van der Waals surface area contributed by atoms with E-state index in [0.29, 0.717) is 0 Å². The summed E-state index contributed by atoms with van der Waals surface area (Å²) >= 11 is 0. The molecule has 4 aliphatic carbocycles. The molecule has 0 N–H and O–H groups in total. The first-order valence-electron chi connectivity index (χ1n) is 26.7. The minimum atomic E-state index is -0.569. The van der Waals surface area contributed by atoms with E-state index in [-0.39, 0.29) is 10.8 Å². The molecule has 0 aliphatic heterocycles. The average molecular weight is 958 g/mol. The molecule has 11 aromatic carbocycles. The number of rotatable bonds is 6. The van der Waals surface area contributed by atoms with Gasteiger partial charge in [-0.2, -0.15) is 0 Å². The standard InChI is InChI=1S/C74H55N/c1-71(2)60-30-14-11-26-55(60)57-44-42-52(46-68(57)71)75(53-43-45-58-56-27-12-15-31-61(56)72(3,4)69(58)47-53)51-40-38-48(39-41-51)54-29-21-37-67-70(54)59-28-13-16-32-62(59)74(67)65-35-19-17-33-63(65)73(49-22-7-5-8-23-49,50-24-9-6-10-25-50)64-34-18-20-36-66(64)74/h5-47H,1-4H3. The Morgan fingerprint density at radius 2 is 0.600 bits per heavy atom.